The maximum atomic E-state index is 8.69. The van der Waals surface area contributed by atoms with Gasteiger partial charge in [-0.15, -0.1) is 0 Å². The highest BCUT2D eigenvalue weighted by Crippen LogP contribution is 2.26. The Morgan fingerprint density at radius 1 is 1.47 bits per heavy atom. The normalized spacial score (nSPS) is 13.3. The molecule has 0 bridgehead atoms. The molecule has 0 saturated heterocycles. The van der Waals surface area contributed by atoms with E-state index in [1.807, 2.05) is 39.8 Å². The van der Waals surface area contributed by atoms with E-state index < -0.39 is 0 Å². The van der Waals surface area contributed by atoms with E-state index in [0.29, 0.717) is 0 Å². The fourth-order valence-corrected chi connectivity index (χ4v) is 1.06. The number of methoxy groups -OCH3 is 1. The summed E-state index contributed by atoms with van der Waals surface area (Å²) in [5.41, 5.74) is 1.03. The number of ether oxygens (including phenoxy) is 1. The molecule has 0 spiro atoms. The minimum atomic E-state index is -0.0751. The highest BCUT2D eigenvalue weighted by Gasteiger charge is 2.17. The summed E-state index contributed by atoms with van der Waals surface area (Å²) in [6, 6.07) is 1.92. The van der Waals surface area contributed by atoms with E-state index in [1.165, 1.54) is 7.11 Å². The van der Waals surface area contributed by atoms with Gasteiger partial charge in [0.25, 0.3) is 0 Å². The minimum Gasteiger partial charge on any atom is -0.480 e. The van der Waals surface area contributed by atoms with E-state index in [-0.39, 0.29) is 16.9 Å². The third kappa shape index (κ3) is 3.99. The highest BCUT2D eigenvalue weighted by atomic mass is 16.5. The van der Waals surface area contributed by atoms with E-state index in [4.69, 9.17) is 10.00 Å². The number of allylic oxidation sites excluding steroid dienone is 2. The summed E-state index contributed by atoms with van der Waals surface area (Å²) in [6.07, 6.45) is 1.91. The molecule has 0 amide bonds. The molecule has 0 aliphatic rings. The van der Waals surface area contributed by atoms with Gasteiger partial charge < -0.3 is 4.74 Å². The smallest absolute Gasteiger partial charge is 0.231 e. The highest BCUT2D eigenvalue weighted by molar-refractivity contribution is 5.97. The second-order valence-electron chi connectivity index (χ2n) is 4.14. The molecule has 3 nitrogen and oxygen atoms in total. The summed E-state index contributed by atoms with van der Waals surface area (Å²) < 4.78 is 5.02. The van der Waals surface area contributed by atoms with Gasteiger partial charge in [0.2, 0.25) is 5.90 Å². The molecule has 0 fully saturated rings. The monoisotopic (exact) mass is 206 g/mol. The van der Waals surface area contributed by atoms with Crippen LogP contribution in [0.1, 0.15) is 27.7 Å². The molecule has 0 aromatic carbocycles. The van der Waals surface area contributed by atoms with Crippen LogP contribution in [0.4, 0.5) is 0 Å². The summed E-state index contributed by atoms with van der Waals surface area (Å²) in [7, 11) is 1.48. The van der Waals surface area contributed by atoms with Crippen molar-refractivity contribution in [3.8, 4) is 6.07 Å². The standard InChI is InChI=1S/C12H18N2O/c1-7-10(12(3,4)5)14-11(15-6)9(2)8-13/h7H,2H2,1,3-6H3/b10-7-,14-11?. The average Bonchev–Trinajstić information content (AvgIpc) is 2.16. The number of nitriles is 1. The SMILES string of the molecule is C=C(C#N)C(=N/C(=C\C)C(C)(C)C)OC. The molecular weight excluding hydrogens is 188 g/mol. The lowest BCUT2D eigenvalue weighted by Gasteiger charge is -2.19. The second kappa shape index (κ2) is 5.35. The molecule has 0 unspecified atom stereocenters. The number of nitrogens with zero attached hydrogens (tertiary/aromatic N) is 2. The summed E-state index contributed by atoms with van der Waals surface area (Å²) >= 11 is 0. The van der Waals surface area contributed by atoms with Crippen molar-refractivity contribution in [2.24, 2.45) is 10.4 Å². The van der Waals surface area contributed by atoms with Gasteiger partial charge >= 0.3 is 0 Å². The van der Waals surface area contributed by atoms with Crippen LogP contribution in [0.2, 0.25) is 0 Å². The lowest BCUT2D eigenvalue weighted by molar-refractivity contribution is 0.399. The summed E-state index contributed by atoms with van der Waals surface area (Å²) in [5.74, 6) is 0.278. The molecule has 0 aliphatic heterocycles. The second-order valence-corrected chi connectivity index (χ2v) is 4.14. The van der Waals surface area contributed by atoms with Crippen LogP contribution in [0.15, 0.2) is 28.9 Å². The Morgan fingerprint density at radius 2 is 2.00 bits per heavy atom. The number of rotatable bonds is 2. The van der Waals surface area contributed by atoms with Crippen molar-refractivity contribution in [1.82, 2.24) is 0 Å². The van der Waals surface area contributed by atoms with E-state index in [0.717, 1.165) is 5.70 Å². The van der Waals surface area contributed by atoms with Crippen LogP contribution in [0.25, 0.3) is 0 Å². The van der Waals surface area contributed by atoms with Crippen molar-refractivity contribution in [2.45, 2.75) is 27.7 Å². The van der Waals surface area contributed by atoms with Gasteiger partial charge in [0.15, 0.2) is 0 Å². The van der Waals surface area contributed by atoms with Crippen LogP contribution in [-0.2, 0) is 4.74 Å². The predicted molar refractivity (Wildman–Crippen MR) is 62.4 cm³/mol. The zero-order valence-electron chi connectivity index (χ0n) is 10.1. The molecule has 0 atom stereocenters. The van der Waals surface area contributed by atoms with E-state index in [2.05, 4.69) is 11.6 Å². The number of hydrogen-bond acceptors (Lipinski definition) is 3. The van der Waals surface area contributed by atoms with E-state index in [9.17, 15) is 0 Å². The first-order valence-corrected chi connectivity index (χ1v) is 4.75. The molecule has 0 aromatic heterocycles. The molecule has 15 heavy (non-hydrogen) atoms. The van der Waals surface area contributed by atoms with Gasteiger partial charge in [0.1, 0.15) is 11.6 Å². The van der Waals surface area contributed by atoms with Gasteiger partial charge in [-0.1, -0.05) is 33.4 Å². The first-order valence-electron chi connectivity index (χ1n) is 4.75. The van der Waals surface area contributed by atoms with Crippen molar-refractivity contribution in [3.05, 3.63) is 23.9 Å². The topological polar surface area (TPSA) is 45.4 Å². The largest absolute Gasteiger partial charge is 0.480 e. The lowest BCUT2D eigenvalue weighted by atomic mass is 9.92. The van der Waals surface area contributed by atoms with Crippen LogP contribution in [0, 0.1) is 16.7 Å². The first kappa shape index (κ1) is 13.4. The average molecular weight is 206 g/mol. The molecule has 82 valence electrons. The van der Waals surface area contributed by atoms with Gasteiger partial charge in [-0.25, -0.2) is 4.99 Å². The van der Waals surface area contributed by atoms with Gasteiger partial charge in [0.05, 0.1) is 7.11 Å². The van der Waals surface area contributed by atoms with Crippen molar-refractivity contribution < 1.29 is 4.74 Å². The quantitative estimate of drug-likeness (QED) is 0.396. The van der Waals surface area contributed by atoms with Crippen LogP contribution >= 0.6 is 0 Å². The van der Waals surface area contributed by atoms with Crippen molar-refractivity contribution in [2.75, 3.05) is 7.11 Å². The third-order valence-corrected chi connectivity index (χ3v) is 1.85. The maximum Gasteiger partial charge on any atom is 0.231 e. The Morgan fingerprint density at radius 3 is 2.27 bits per heavy atom. The molecule has 0 saturated carbocycles. The molecule has 3 heteroatoms. The third-order valence-electron chi connectivity index (χ3n) is 1.85. The minimum absolute atomic E-state index is 0.0751. The lowest BCUT2D eigenvalue weighted by Crippen LogP contribution is -2.12. The molecule has 0 heterocycles. The molecule has 0 N–H and O–H groups in total. The molecule has 0 radical (unpaired) electrons. The zero-order chi connectivity index (χ0) is 12.1. The van der Waals surface area contributed by atoms with Crippen molar-refractivity contribution in [1.29, 1.82) is 5.26 Å². The molecule has 0 aromatic rings. The number of hydrogen-bond donors (Lipinski definition) is 0. The molecular formula is C12H18N2O. The molecule has 0 rings (SSSR count). The summed E-state index contributed by atoms with van der Waals surface area (Å²) in [6.45, 7) is 11.6. The Bertz CT molecular complexity index is 338. The van der Waals surface area contributed by atoms with Crippen molar-refractivity contribution >= 4 is 5.90 Å². The summed E-state index contributed by atoms with van der Waals surface area (Å²) in [5, 5.41) is 8.69. The van der Waals surface area contributed by atoms with Gasteiger partial charge in [-0.3, -0.25) is 0 Å². The van der Waals surface area contributed by atoms with Gasteiger partial charge in [0, 0.05) is 11.1 Å². The van der Waals surface area contributed by atoms with Gasteiger partial charge in [-0.2, -0.15) is 5.26 Å². The Balaban J connectivity index is 5.17. The van der Waals surface area contributed by atoms with Gasteiger partial charge in [-0.05, 0) is 6.92 Å². The van der Waals surface area contributed by atoms with E-state index in [1.54, 1.807) is 0 Å². The predicted octanol–water partition coefficient (Wildman–Crippen LogP) is 3.06. The Labute approximate surface area is 91.8 Å². The fourth-order valence-electron chi connectivity index (χ4n) is 1.06. The summed E-state index contributed by atoms with van der Waals surface area (Å²) in [4.78, 5) is 4.29. The Kier molecular flexibility index (Phi) is 4.80. The Hall–Kier alpha value is -1.56. The number of aliphatic imine (C=N–C) groups is 1. The first-order chi connectivity index (χ1) is 6.86. The maximum absolute atomic E-state index is 8.69. The zero-order valence-corrected chi connectivity index (χ0v) is 10.1. The van der Waals surface area contributed by atoms with Crippen LogP contribution in [0.3, 0.4) is 0 Å². The van der Waals surface area contributed by atoms with E-state index >= 15 is 0 Å². The van der Waals surface area contributed by atoms with Crippen molar-refractivity contribution in [3.63, 3.8) is 0 Å². The fraction of sp³-hybridized carbons (Fsp3) is 0.500. The van der Waals surface area contributed by atoms with Crippen LogP contribution in [-0.4, -0.2) is 13.0 Å². The van der Waals surface area contributed by atoms with Crippen LogP contribution in [0.5, 0.6) is 0 Å². The van der Waals surface area contributed by atoms with Crippen LogP contribution < -0.4 is 0 Å². The molecule has 0 aliphatic carbocycles.